The smallest absolute Gasteiger partial charge is 0.156 e. The molecule has 15 heavy (non-hydrogen) atoms. The first-order valence-corrected chi connectivity index (χ1v) is 6.99. The van der Waals surface area contributed by atoms with Crippen LogP contribution in [-0.4, -0.2) is 31.6 Å². The standard InChI is InChI=1S/C11H16O3S/c1-11(2)7-8-5-4-6-9(10(8)14-11)15(3,12)13/h4-6,9-10H,7H2,1-3H3. The van der Waals surface area contributed by atoms with Gasteiger partial charge in [-0.3, -0.25) is 0 Å². The molecule has 0 saturated carbocycles. The summed E-state index contributed by atoms with van der Waals surface area (Å²) in [5.41, 5.74) is 0.851. The van der Waals surface area contributed by atoms with Gasteiger partial charge in [-0.15, -0.1) is 0 Å². The molecule has 0 aromatic rings. The Morgan fingerprint density at radius 2 is 2.13 bits per heavy atom. The summed E-state index contributed by atoms with van der Waals surface area (Å²) in [6.07, 6.45) is 7.31. The van der Waals surface area contributed by atoms with Crippen LogP contribution in [0.15, 0.2) is 23.8 Å². The number of sulfone groups is 1. The van der Waals surface area contributed by atoms with Crippen molar-refractivity contribution in [3.63, 3.8) is 0 Å². The predicted molar refractivity (Wildman–Crippen MR) is 59.4 cm³/mol. The highest BCUT2D eigenvalue weighted by Gasteiger charge is 2.43. The van der Waals surface area contributed by atoms with E-state index in [4.69, 9.17) is 4.74 Å². The van der Waals surface area contributed by atoms with Crippen molar-refractivity contribution in [2.45, 2.75) is 37.2 Å². The average molecular weight is 228 g/mol. The second-order valence-electron chi connectivity index (χ2n) is 4.90. The molecule has 3 nitrogen and oxygen atoms in total. The van der Waals surface area contributed by atoms with Gasteiger partial charge in [-0.05, 0) is 25.8 Å². The van der Waals surface area contributed by atoms with Gasteiger partial charge in [-0.2, -0.15) is 0 Å². The molecule has 2 rings (SSSR count). The fourth-order valence-corrected chi connectivity index (χ4v) is 3.30. The third-order valence-electron chi connectivity index (χ3n) is 2.85. The van der Waals surface area contributed by atoms with Gasteiger partial charge in [0.05, 0.1) is 11.7 Å². The lowest BCUT2D eigenvalue weighted by atomic mass is 9.96. The molecule has 84 valence electrons. The van der Waals surface area contributed by atoms with Gasteiger partial charge in [-0.1, -0.05) is 18.2 Å². The first-order chi connectivity index (χ1) is 6.80. The van der Waals surface area contributed by atoms with E-state index in [-0.39, 0.29) is 11.7 Å². The molecule has 1 saturated heterocycles. The van der Waals surface area contributed by atoms with E-state index in [9.17, 15) is 8.42 Å². The van der Waals surface area contributed by atoms with Gasteiger partial charge in [0.25, 0.3) is 0 Å². The van der Waals surface area contributed by atoms with E-state index in [0.29, 0.717) is 0 Å². The lowest BCUT2D eigenvalue weighted by Gasteiger charge is -2.24. The van der Waals surface area contributed by atoms with Gasteiger partial charge in [0.15, 0.2) is 9.84 Å². The zero-order chi connectivity index (χ0) is 11.3. The van der Waals surface area contributed by atoms with E-state index in [0.717, 1.165) is 12.0 Å². The molecule has 1 aliphatic carbocycles. The van der Waals surface area contributed by atoms with Crippen molar-refractivity contribution in [1.29, 1.82) is 0 Å². The van der Waals surface area contributed by atoms with Gasteiger partial charge in [-0.25, -0.2) is 8.42 Å². The quantitative estimate of drug-likeness (QED) is 0.682. The molecule has 2 atom stereocenters. The minimum atomic E-state index is -3.08. The van der Waals surface area contributed by atoms with E-state index < -0.39 is 15.1 Å². The number of rotatable bonds is 1. The SMILES string of the molecule is CC1(C)CC2=CC=CC(S(C)(=O)=O)C2O1. The van der Waals surface area contributed by atoms with Crippen LogP contribution in [0.5, 0.6) is 0 Å². The van der Waals surface area contributed by atoms with E-state index in [2.05, 4.69) is 0 Å². The zero-order valence-corrected chi connectivity index (χ0v) is 10.0. The lowest BCUT2D eigenvalue weighted by molar-refractivity contribution is -0.00840. The van der Waals surface area contributed by atoms with E-state index in [1.807, 2.05) is 26.0 Å². The van der Waals surface area contributed by atoms with Crippen LogP contribution >= 0.6 is 0 Å². The number of fused-ring (bicyclic) bond motifs is 1. The normalized spacial score (nSPS) is 33.7. The Morgan fingerprint density at radius 1 is 1.47 bits per heavy atom. The fraction of sp³-hybridized carbons (Fsp3) is 0.636. The maximum atomic E-state index is 11.6. The Morgan fingerprint density at radius 3 is 2.73 bits per heavy atom. The molecule has 0 aromatic heterocycles. The molecule has 4 heteroatoms. The monoisotopic (exact) mass is 228 g/mol. The molecule has 2 unspecified atom stereocenters. The van der Waals surface area contributed by atoms with Crippen LogP contribution in [0.2, 0.25) is 0 Å². The summed E-state index contributed by atoms with van der Waals surface area (Å²) in [6, 6.07) is 0. The Kier molecular flexibility index (Phi) is 2.32. The van der Waals surface area contributed by atoms with Crippen molar-refractivity contribution < 1.29 is 13.2 Å². The van der Waals surface area contributed by atoms with Crippen molar-refractivity contribution in [1.82, 2.24) is 0 Å². The van der Waals surface area contributed by atoms with Crippen LogP contribution < -0.4 is 0 Å². The van der Waals surface area contributed by atoms with Crippen LogP contribution in [0.3, 0.4) is 0 Å². The highest BCUT2D eigenvalue weighted by Crippen LogP contribution is 2.39. The minimum Gasteiger partial charge on any atom is -0.366 e. The summed E-state index contributed by atoms with van der Waals surface area (Å²) in [4.78, 5) is 0. The molecular formula is C11H16O3S. The molecule has 0 amide bonds. The number of ether oxygens (including phenoxy) is 1. The predicted octanol–water partition coefficient (Wildman–Crippen LogP) is 1.46. The third-order valence-corrected chi connectivity index (χ3v) is 4.24. The summed E-state index contributed by atoms with van der Waals surface area (Å²) >= 11 is 0. The topological polar surface area (TPSA) is 43.4 Å². The molecule has 0 radical (unpaired) electrons. The Labute approximate surface area is 90.7 Å². The van der Waals surface area contributed by atoms with E-state index in [1.165, 1.54) is 6.26 Å². The van der Waals surface area contributed by atoms with Gasteiger partial charge in [0, 0.05) is 6.26 Å². The first kappa shape index (κ1) is 10.9. The Balaban J connectivity index is 2.35. The van der Waals surface area contributed by atoms with Crippen molar-refractivity contribution in [2.24, 2.45) is 0 Å². The van der Waals surface area contributed by atoms with E-state index >= 15 is 0 Å². The highest BCUT2D eigenvalue weighted by molar-refractivity contribution is 7.91. The number of hydrogen-bond donors (Lipinski definition) is 0. The van der Waals surface area contributed by atoms with Crippen LogP contribution in [0.4, 0.5) is 0 Å². The van der Waals surface area contributed by atoms with Crippen LogP contribution in [0.1, 0.15) is 20.3 Å². The summed E-state index contributed by atoms with van der Waals surface area (Å²) in [7, 11) is -3.08. The molecule has 0 spiro atoms. The zero-order valence-electron chi connectivity index (χ0n) is 9.23. The summed E-state index contributed by atoms with van der Waals surface area (Å²) in [5.74, 6) is 0. The largest absolute Gasteiger partial charge is 0.366 e. The lowest BCUT2D eigenvalue weighted by Crippen LogP contribution is -2.35. The third kappa shape index (κ3) is 2.01. The molecule has 1 aliphatic heterocycles. The molecule has 0 bridgehead atoms. The average Bonchev–Trinajstić information content (AvgIpc) is 2.35. The van der Waals surface area contributed by atoms with Crippen molar-refractivity contribution in [2.75, 3.05) is 6.26 Å². The molecule has 1 heterocycles. The minimum absolute atomic E-state index is 0.245. The van der Waals surface area contributed by atoms with Crippen LogP contribution in [-0.2, 0) is 14.6 Å². The van der Waals surface area contributed by atoms with Crippen molar-refractivity contribution >= 4 is 9.84 Å². The van der Waals surface area contributed by atoms with Gasteiger partial charge >= 0.3 is 0 Å². The molecule has 0 N–H and O–H groups in total. The van der Waals surface area contributed by atoms with Crippen LogP contribution in [0, 0.1) is 0 Å². The van der Waals surface area contributed by atoms with Gasteiger partial charge in [0.1, 0.15) is 5.25 Å². The number of allylic oxidation sites excluding steroid dienone is 2. The molecular weight excluding hydrogens is 212 g/mol. The van der Waals surface area contributed by atoms with Crippen molar-refractivity contribution in [3.8, 4) is 0 Å². The molecule has 0 aromatic carbocycles. The van der Waals surface area contributed by atoms with Crippen molar-refractivity contribution in [3.05, 3.63) is 23.8 Å². The Bertz CT molecular complexity index is 429. The first-order valence-electron chi connectivity index (χ1n) is 5.03. The second kappa shape index (κ2) is 3.19. The maximum absolute atomic E-state index is 11.6. The fourth-order valence-electron chi connectivity index (χ4n) is 2.24. The van der Waals surface area contributed by atoms with Gasteiger partial charge < -0.3 is 4.74 Å². The molecule has 1 fully saturated rings. The second-order valence-corrected chi connectivity index (χ2v) is 7.10. The van der Waals surface area contributed by atoms with Gasteiger partial charge in [0.2, 0.25) is 0 Å². The number of hydrogen-bond acceptors (Lipinski definition) is 3. The summed E-state index contributed by atoms with van der Waals surface area (Å²) in [6.45, 7) is 3.98. The van der Waals surface area contributed by atoms with E-state index in [1.54, 1.807) is 6.08 Å². The van der Waals surface area contributed by atoms with Crippen LogP contribution in [0.25, 0.3) is 0 Å². The summed E-state index contributed by atoms with van der Waals surface area (Å²) < 4.78 is 29.0. The highest BCUT2D eigenvalue weighted by atomic mass is 32.2. The Hall–Kier alpha value is -0.610. The molecule has 2 aliphatic rings. The maximum Gasteiger partial charge on any atom is 0.156 e. The summed E-state index contributed by atoms with van der Waals surface area (Å²) in [5, 5.41) is -0.515.